The molecule has 2 fully saturated rings. The van der Waals surface area contributed by atoms with E-state index in [4.69, 9.17) is 19.7 Å². The van der Waals surface area contributed by atoms with Gasteiger partial charge >= 0.3 is 5.70 Å². The first-order valence-electron chi connectivity index (χ1n) is 13.0. The Morgan fingerprint density at radius 2 is 2.10 bits per heavy atom. The number of hydrogen-bond donors (Lipinski definition) is 1. The fraction of sp³-hybridized carbons (Fsp3) is 0.481. The Labute approximate surface area is 230 Å². The number of nitrogens with zero attached hydrogens (tertiary/aromatic N) is 7. The summed E-state index contributed by atoms with van der Waals surface area (Å²) in [4.78, 5) is 14.5. The van der Waals surface area contributed by atoms with Crippen LogP contribution in [0.15, 0.2) is 41.7 Å². The van der Waals surface area contributed by atoms with E-state index in [2.05, 4.69) is 36.0 Å². The molecule has 2 aliphatic rings. The summed E-state index contributed by atoms with van der Waals surface area (Å²) in [7, 11) is 1.49. The normalized spacial score (nSPS) is 21.2. The predicted octanol–water partition coefficient (Wildman–Crippen LogP) is 4.45. The van der Waals surface area contributed by atoms with Gasteiger partial charge < -0.3 is 14.2 Å². The monoisotopic (exact) mass is 553 g/mol. The summed E-state index contributed by atoms with van der Waals surface area (Å²) in [5.41, 5.74) is 10.7. The highest BCUT2D eigenvalue weighted by atomic mass is 19.1. The number of piperidine rings is 1. The lowest BCUT2D eigenvalue weighted by Crippen LogP contribution is -2.54. The van der Waals surface area contributed by atoms with Crippen molar-refractivity contribution in [3.8, 4) is 11.8 Å². The summed E-state index contributed by atoms with van der Waals surface area (Å²) in [5, 5.41) is 8.12. The van der Waals surface area contributed by atoms with Crippen molar-refractivity contribution in [1.82, 2.24) is 24.5 Å². The minimum absolute atomic E-state index is 0.0391. The summed E-state index contributed by atoms with van der Waals surface area (Å²) in [6, 6.07) is 5.00. The molecular weight excluding hydrogens is 522 g/mol. The van der Waals surface area contributed by atoms with Gasteiger partial charge in [-0.3, -0.25) is 4.90 Å². The van der Waals surface area contributed by atoms with Crippen LogP contribution in [0.3, 0.4) is 0 Å². The molecule has 0 spiro atoms. The van der Waals surface area contributed by atoms with Gasteiger partial charge in [0, 0.05) is 38.9 Å². The van der Waals surface area contributed by atoms with E-state index in [-0.39, 0.29) is 18.1 Å². The molecule has 1 unspecified atom stereocenters. The molecule has 210 valence electrons. The number of hydrogen-bond acceptors (Lipinski definition) is 9. The van der Waals surface area contributed by atoms with E-state index in [0.717, 1.165) is 30.0 Å². The number of aromatic nitrogens is 4. The van der Waals surface area contributed by atoms with Crippen LogP contribution >= 0.6 is 0 Å². The largest absolute Gasteiger partial charge is 0.488 e. The second-order valence-corrected chi connectivity index (χ2v) is 9.89. The summed E-state index contributed by atoms with van der Waals surface area (Å²) in [6.45, 7) is 6.06. The predicted molar refractivity (Wildman–Crippen MR) is 141 cm³/mol. The van der Waals surface area contributed by atoms with Crippen LogP contribution in [0, 0.1) is 30.3 Å². The van der Waals surface area contributed by atoms with E-state index < -0.39 is 24.0 Å². The topological polar surface area (TPSA) is 115 Å². The molecule has 0 aliphatic carbocycles. The van der Waals surface area contributed by atoms with Crippen LogP contribution in [0.2, 0.25) is 0 Å². The molecule has 0 aromatic carbocycles. The molecule has 0 amide bonds. The molecule has 0 saturated carbocycles. The average Bonchev–Trinajstić information content (AvgIpc) is 3.29. The van der Waals surface area contributed by atoms with Crippen LogP contribution in [0.4, 0.5) is 8.78 Å². The number of likely N-dealkylation sites (tertiary alicyclic amines) is 1. The third-order valence-corrected chi connectivity index (χ3v) is 7.20. The molecule has 3 atom stereocenters. The Kier molecular flexibility index (Phi) is 8.39. The van der Waals surface area contributed by atoms with Crippen LogP contribution in [-0.2, 0) is 9.47 Å². The molecule has 0 radical (unpaired) electrons. The number of methoxy groups -OCH3 is 1. The number of nitrogens with one attached hydrogen (secondary N) is 1. The van der Waals surface area contributed by atoms with Crippen LogP contribution in [0.1, 0.15) is 36.4 Å². The third kappa shape index (κ3) is 5.84. The van der Waals surface area contributed by atoms with Crippen LogP contribution in [0.25, 0.3) is 16.1 Å². The van der Waals surface area contributed by atoms with Gasteiger partial charge in [0.15, 0.2) is 23.4 Å². The van der Waals surface area contributed by atoms with Crippen LogP contribution in [0.5, 0.6) is 5.75 Å². The maximum Gasteiger partial charge on any atom is 0.341 e. The zero-order chi connectivity index (χ0) is 28.2. The summed E-state index contributed by atoms with van der Waals surface area (Å²) in [5.74, 6) is -0.237. The van der Waals surface area contributed by atoms with E-state index in [1.165, 1.54) is 7.11 Å². The molecule has 5 heterocycles. The zero-order valence-electron chi connectivity index (χ0n) is 22.5. The van der Waals surface area contributed by atoms with Crippen LogP contribution in [-0.4, -0.2) is 76.7 Å². The number of allylic oxidation sites excluding steroid dienone is 1. The van der Waals surface area contributed by atoms with Gasteiger partial charge in [-0.2, -0.15) is 10.2 Å². The number of pyridine rings is 1. The Bertz CT molecular complexity index is 1460. The molecule has 13 heteroatoms. The quantitative estimate of drug-likeness (QED) is 0.410. The van der Waals surface area contributed by atoms with Crippen molar-refractivity contribution in [2.75, 3.05) is 40.0 Å². The average molecular weight is 554 g/mol. The SMILES string of the molecule is CO[C@@H](COc1cc(/C(N=N)=C(\C)[N+]#CC2CCN(C3COC3)C[C@@H]2F)cn2ncc(C)c12)c1ncc(F)cn1. The molecule has 0 bridgehead atoms. The Balaban J connectivity index is 1.38. The van der Waals surface area contributed by atoms with Gasteiger partial charge in [0.2, 0.25) is 0 Å². The first kappa shape index (κ1) is 27.7. The number of aryl methyl sites for hydroxylation is 1. The summed E-state index contributed by atoms with van der Waals surface area (Å²) < 4.78 is 46.6. The van der Waals surface area contributed by atoms with Crippen molar-refractivity contribution in [1.29, 1.82) is 5.53 Å². The minimum Gasteiger partial charge on any atom is -0.488 e. The fourth-order valence-corrected chi connectivity index (χ4v) is 4.80. The standard InChI is InChI=1S/C27H31F2N8O3/c1-16-7-34-37-11-19(6-23(26(16)37)40-15-24(38-3)27-32-9-20(28)10-33-27)25(35-30)17(2)31-8-18-4-5-36(12-22(18)29)21-13-39-14-21/h6-7,9-11,18,21-22,24,30H,4-5,12-15H2,1-3H3/q+1/b25-17-,35-30?/t18?,22-,24-/m0/s1. The Morgan fingerprint density at radius 3 is 2.75 bits per heavy atom. The molecule has 2 aliphatic heterocycles. The van der Waals surface area contributed by atoms with Crippen molar-refractivity contribution in [3.05, 3.63) is 64.2 Å². The smallest absolute Gasteiger partial charge is 0.341 e. The van der Waals surface area contributed by atoms with Crippen molar-refractivity contribution in [3.63, 3.8) is 0 Å². The molecule has 5 rings (SSSR count). The van der Waals surface area contributed by atoms with E-state index in [0.29, 0.717) is 49.2 Å². The Morgan fingerprint density at radius 1 is 1.32 bits per heavy atom. The van der Waals surface area contributed by atoms with Crippen molar-refractivity contribution in [2.24, 2.45) is 11.0 Å². The lowest BCUT2D eigenvalue weighted by atomic mass is 9.95. The fourth-order valence-electron chi connectivity index (χ4n) is 4.80. The highest BCUT2D eigenvalue weighted by Crippen LogP contribution is 2.31. The lowest BCUT2D eigenvalue weighted by Gasteiger charge is -2.40. The van der Waals surface area contributed by atoms with Gasteiger partial charge in [0.25, 0.3) is 6.07 Å². The van der Waals surface area contributed by atoms with Gasteiger partial charge in [-0.25, -0.2) is 28.8 Å². The van der Waals surface area contributed by atoms with Crippen molar-refractivity contribution < 1.29 is 23.0 Å². The van der Waals surface area contributed by atoms with Gasteiger partial charge in [-0.15, -0.1) is 0 Å². The molecule has 1 N–H and O–H groups in total. The third-order valence-electron chi connectivity index (χ3n) is 7.20. The molecule has 2 saturated heterocycles. The summed E-state index contributed by atoms with van der Waals surface area (Å²) in [6.07, 6.45) is 4.45. The Hall–Kier alpha value is -3.86. The molecular formula is C27H31F2N8O3+. The second kappa shape index (κ2) is 12.1. The number of rotatable bonds is 8. The van der Waals surface area contributed by atoms with E-state index in [9.17, 15) is 8.78 Å². The van der Waals surface area contributed by atoms with E-state index in [1.807, 2.05) is 6.92 Å². The number of halogens is 2. The molecule has 3 aromatic heterocycles. The summed E-state index contributed by atoms with van der Waals surface area (Å²) >= 11 is 0. The molecule has 40 heavy (non-hydrogen) atoms. The first-order chi connectivity index (χ1) is 19.4. The van der Waals surface area contributed by atoms with Crippen molar-refractivity contribution in [2.45, 2.75) is 38.6 Å². The lowest BCUT2D eigenvalue weighted by molar-refractivity contribution is -0.0820. The van der Waals surface area contributed by atoms with Gasteiger partial charge in [-0.05, 0) is 29.8 Å². The molecule has 11 nitrogen and oxygen atoms in total. The highest BCUT2D eigenvalue weighted by Gasteiger charge is 2.37. The maximum absolute atomic E-state index is 14.9. The molecule has 3 aromatic rings. The van der Waals surface area contributed by atoms with Gasteiger partial charge in [0.1, 0.15) is 30.0 Å². The second-order valence-electron chi connectivity index (χ2n) is 9.89. The van der Waals surface area contributed by atoms with E-state index >= 15 is 0 Å². The zero-order valence-corrected chi connectivity index (χ0v) is 22.5. The van der Waals surface area contributed by atoms with Gasteiger partial charge in [0.05, 0.1) is 37.8 Å². The number of alkyl halides is 1. The maximum atomic E-state index is 14.9. The van der Waals surface area contributed by atoms with E-state index in [1.54, 1.807) is 29.9 Å². The first-order valence-corrected chi connectivity index (χ1v) is 13.0. The number of fused-ring (bicyclic) bond motifs is 1. The van der Waals surface area contributed by atoms with Crippen molar-refractivity contribution >= 4 is 11.2 Å². The number of ether oxygens (including phenoxy) is 3. The van der Waals surface area contributed by atoms with Crippen LogP contribution < -0.4 is 4.74 Å². The minimum atomic E-state index is -1.08. The van der Waals surface area contributed by atoms with Gasteiger partial charge in [-0.1, -0.05) is 0 Å². The highest BCUT2D eigenvalue weighted by molar-refractivity contribution is 5.74.